The van der Waals surface area contributed by atoms with Gasteiger partial charge in [-0.15, -0.1) is 0 Å². The van der Waals surface area contributed by atoms with E-state index in [2.05, 4.69) is 10.4 Å². The van der Waals surface area contributed by atoms with E-state index in [1.165, 1.54) is 19.2 Å². The van der Waals surface area contributed by atoms with Crippen molar-refractivity contribution in [1.82, 2.24) is 9.78 Å². The molecule has 1 aromatic carbocycles. The Labute approximate surface area is 132 Å². The number of anilines is 2. The van der Waals surface area contributed by atoms with Gasteiger partial charge in [-0.1, -0.05) is 12.1 Å². The molecule has 2 heterocycles. The van der Waals surface area contributed by atoms with Crippen LogP contribution in [0.5, 0.6) is 0 Å². The second-order valence-corrected chi connectivity index (χ2v) is 5.30. The minimum atomic E-state index is -0.431. The number of aromatic nitrogens is 2. The van der Waals surface area contributed by atoms with E-state index in [0.717, 1.165) is 11.1 Å². The number of aryl methyl sites for hydroxylation is 1. The van der Waals surface area contributed by atoms with Crippen molar-refractivity contribution in [3.63, 3.8) is 0 Å². The van der Waals surface area contributed by atoms with Gasteiger partial charge in [0.15, 0.2) is 0 Å². The predicted octanol–water partition coefficient (Wildman–Crippen LogP) is 1.16. The molecule has 1 fully saturated rings. The summed E-state index contributed by atoms with van der Waals surface area (Å²) in [7, 11) is 1.48. The fraction of sp³-hybridized carbons (Fsp3) is 0.250. The second-order valence-electron chi connectivity index (χ2n) is 5.30. The van der Waals surface area contributed by atoms with Crippen molar-refractivity contribution in [2.24, 2.45) is 7.05 Å². The third-order valence-corrected chi connectivity index (χ3v) is 3.71. The van der Waals surface area contributed by atoms with Crippen LogP contribution in [0.25, 0.3) is 0 Å². The smallest absolute Gasteiger partial charge is 0.276 e. The van der Waals surface area contributed by atoms with Crippen LogP contribution in [0.15, 0.2) is 41.2 Å². The number of amides is 2. The number of nitrogens with one attached hydrogen (secondary N) is 1. The van der Waals surface area contributed by atoms with Crippen molar-refractivity contribution in [2.75, 3.05) is 16.8 Å². The average Bonchev–Trinajstić information content (AvgIpc) is 2.96. The minimum absolute atomic E-state index is 0.0481. The fourth-order valence-electron chi connectivity index (χ4n) is 2.53. The number of carbonyl (C=O) groups is 2. The molecule has 0 spiro atoms. The molecule has 7 heteroatoms. The summed E-state index contributed by atoms with van der Waals surface area (Å²) in [6.45, 7) is 0.643. The predicted molar refractivity (Wildman–Crippen MR) is 85.5 cm³/mol. The van der Waals surface area contributed by atoms with Gasteiger partial charge in [-0.3, -0.25) is 14.4 Å². The topological polar surface area (TPSA) is 84.3 Å². The zero-order valence-corrected chi connectivity index (χ0v) is 12.7. The maximum Gasteiger partial charge on any atom is 0.276 e. The Morgan fingerprint density at radius 1 is 1.17 bits per heavy atom. The Morgan fingerprint density at radius 2 is 1.96 bits per heavy atom. The molecule has 1 N–H and O–H groups in total. The Morgan fingerprint density at radius 3 is 2.65 bits per heavy atom. The first-order valence-corrected chi connectivity index (χ1v) is 7.31. The number of carbonyl (C=O) groups excluding carboxylic acids is 2. The van der Waals surface area contributed by atoms with E-state index < -0.39 is 5.91 Å². The highest BCUT2D eigenvalue weighted by Crippen LogP contribution is 2.29. The van der Waals surface area contributed by atoms with Crippen LogP contribution in [-0.4, -0.2) is 28.1 Å². The molecule has 7 nitrogen and oxygen atoms in total. The minimum Gasteiger partial charge on any atom is -0.319 e. The van der Waals surface area contributed by atoms with E-state index in [1.54, 1.807) is 23.1 Å². The summed E-state index contributed by atoms with van der Waals surface area (Å²) in [4.78, 5) is 37.3. The van der Waals surface area contributed by atoms with Crippen LogP contribution in [0.2, 0.25) is 0 Å². The SMILES string of the molecule is Cn1nc(C(=O)Nc2ccccc2N2CCCC2=O)ccc1=O. The second kappa shape index (κ2) is 6.04. The lowest BCUT2D eigenvalue weighted by Gasteiger charge is -2.19. The maximum absolute atomic E-state index is 12.3. The number of rotatable bonds is 3. The molecule has 0 aliphatic carbocycles. The van der Waals surface area contributed by atoms with Gasteiger partial charge in [-0.25, -0.2) is 4.68 Å². The average molecular weight is 312 g/mol. The zero-order valence-electron chi connectivity index (χ0n) is 12.7. The summed E-state index contributed by atoms with van der Waals surface area (Å²) in [5.41, 5.74) is 1.07. The maximum atomic E-state index is 12.3. The fourth-order valence-corrected chi connectivity index (χ4v) is 2.53. The van der Waals surface area contributed by atoms with Gasteiger partial charge in [0.1, 0.15) is 5.69 Å². The molecule has 0 bridgehead atoms. The van der Waals surface area contributed by atoms with Crippen LogP contribution >= 0.6 is 0 Å². The van der Waals surface area contributed by atoms with E-state index >= 15 is 0 Å². The number of nitrogens with zero attached hydrogens (tertiary/aromatic N) is 3. The normalized spacial score (nSPS) is 14.1. The highest BCUT2D eigenvalue weighted by atomic mass is 16.2. The number of hydrogen-bond acceptors (Lipinski definition) is 4. The van der Waals surface area contributed by atoms with Crippen LogP contribution in [0.3, 0.4) is 0 Å². The van der Waals surface area contributed by atoms with Crippen molar-refractivity contribution in [2.45, 2.75) is 12.8 Å². The van der Waals surface area contributed by atoms with Crippen molar-refractivity contribution in [3.05, 3.63) is 52.4 Å². The largest absolute Gasteiger partial charge is 0.319 e. The van der Waals surface area contributed by atoms with Crippen LogP contribution in [-0.2, 0) is 11.8 Å². The molecule has 0 unspecified atom stereocenters. The standard InChI is InChI=1S/C16H16N4O3/c1-19-14(21)9-8-12(18-19)16(23)17-11-5-2-3-6-13(11)20-10-4-7-15(20)22/h2-3,5-6,8-9H,4,7,10H2,1H3,(H,17,23). The van der Waals surface area contributed by atoms with Gasteiger partial charge in [-0.05, 0) is 24.6 Å². The first-order valence-electron chi connectivity index (χ1n) is 7.31. The van der Waals surface area contributed by atoms with Crippen LogP contribution < -0.4 is 15.8 Å². The molecule has 2 amide bonds. The van der Waals surface area contributed by atoms with Crippen LogP contribution in [0, 0.1) is 0 Å². The lowest BCUT2D eigenvalue weighted by Crippen LogP contribution is -2.27. The molecule has 1 aromatic heterocycles. The summed E-state index contributed by atoms with van der Waals surface area (Å²) in [5, 5.41) is 6.68. The van der Waals surface area contributed by atoms with Gasteiger partial charge in [0, 0.05) is 26.1 Å². The van der Waals surface area contributed by atoms with Crippen molar-refractivity contribution < 1.29 is 9.59 Å². The van der Waals surface area contributed by atoms with Gasteiger partial charge in [0.25, 0.3) is 11.5 Å². The first-order chi connectivity index (χ1) is 11.1. The van der Waals surface area contributed by atoms with Gasteiger partial charge in [0.2, 0.25) is 5.91 Å². The summed E-state index contributed by atoms with van der Waals surface area (Å²) in [6.07, 6.45) is 1.33. The van der Waals surface area contributed by atoms with E-state index in [4.69, 9.17) is 0 Å². The van der Waals surface area contributed by atoms with Crippen LogP contribution in [0.1, 0.15) is 23.3 Å². The summed E-state index contributed by atoms with van der Waals surface area (Å²) >= 11 is 0. The summed E-state index contributed by atoms with van der Waals surface area (Å²) in [6, 6.07) is 9.81. The number of hydrogen-bond donors (Lipinski definition) is 1. The third kappa shape index (κ3) is 2.98. The molecule has 23 heavy (non-hydrogen) atoms. The Bertz CT molecular complexity index is 828. The molecule has 3 rings (SSSR count). The molecule has 1 aliphatic rings. The molecule has 2 aromatic rings. The molecule has 0 atom stereocenters. The zero-order chi connectivity index (χ0) is 16.4. The third-order valence-electron chi connectivity index (χ3n) is 3.71. The van der Waals surface area contributed by atoms with Crippen molar-refractivity contribution >= 4 is 23.2 Å². The Balaban J connectivity index is 1.88. The molecule has 1 aliphatic heterocycles. The monoisotopic (exact) mass is 312 g/mol. The van der Waals surface area contributed by atoms with Gasteiger partial charge < -0.3 is 10.2 Å². The first kappa shape index (κ1) is 15.0. The Hall–Kier alpha value is -2.96. The molecule has 0 radical (unpaired) electrons. The molecule has 1 saturated heterocycles. The molecular weight excluding hydrogens is 296 g/mol. The van der Waals surface area contributed by atoms with Crippen molar-refractivity contribution in [1.29, 1.82) is 0 Å². The summed E-state index contributed by atoms with van der Waals surface area (Å²) in [5.74, 6) is -0.383. The molecule has 0 saturated carbocycles. The number of benzene rings is 1. The van der Waals surface area contributed by atoms with Gasteiger partial charge in [0.05, 0.1) is 11.4 Å². The van der Waals surface area contributed by atoms with E-state index in [1.807, 2.05) is 6.07 Å². The molecular formula is C16H16N4O3. The van der Waals surface area contributed by atoms with E-state index in [-0.39, 0.29) is 17.2 Å². The quantitative estimate of drug-likeness (QED) is 0.921. The van der Waals surface area contributed by atoms with Gasteiger partial charge in [-0.2, -0.15) is 5.10 Å². The highest BCUT2D eigenvalue weighted by Gasteiger charge is 2.24. The number of para-hydroxylation sites is 2. The lowest BCUT2D eigenvalue weighted by atomic mass is 10.2. The van der Waals surface area contributed by atoms with E-state index in [0.29, 0.717) is 24.3 Å². The van der Waals surface area contributed by atoms with Crippen molar-refractivity contribution in [3.8, 4) is 0 Å². The summed E-state index contributed by atoms with van der Waals surface area (Å²) < 4.78 is 1.10. The molecule has 118 valence electrons. The van der Waals surface area contributed by atoms with Gasteiger partial charge >= 0.3 is 0 Å². The lowest BCUT2D eigenvalue weighted by molar-refractivity contribution is -0.117. The highest BCUT2D eigenvalue weighted by molar-refractivity contribution is 6.07. The Kier molecular flexibility index (Phi) is 3.92. The van der Waals surface area contributed by atoms with Crippen LogP contribution in [0.4, 0.5) is 11.4 Å². The van der Waals surface area contributed by atoms with E-state index in [9.17, 15) is 14.4 Å².